The Balaban J connectivity index is 1.58. The van der Waals surface area contributed by atoms with Gasteiger partial charge in [0.15, 0.2) is 5.01 Å². The lowest BCUT2D eigenvalue weighted by Gasteiger charge is -2.03. The van der Waals surface area contributed by atoms with Gasteiger partial charge in [0.05, 0.1) is 12.7 Å². The van der Waals surface area contributed by atoms with Gasteiger partial charge in [0.2, 0.25) is 5.13 Å². The Morgan fingerprint density at radius 3 is 3.05 bits per heavy atom. The number of nitrogens with zero attached hydrogens (tertiary/aromatic N) is 5. The summed E-state index contributed by atoms with van der Waals surface area (Å²) in [5.74, 6) is 0. The van der Waals surface area contributed by atoms with E-state index in [9.17, 15) is 0 Å². The molecule has 0 bridgehead atoms. The summed E-state index contributed by atoms with van der Waals surface area (Å²) < 4.78 is 0. The molecular weight excluding hydrogens is 284 g/mol. The molecule has 4 rings (SSSR count). The number of nitrogens with one attached hydrogen (secondary N) is 1. The normalized spacial score (nSPS) is 12.4. The smallest absolute Gasteiger partial charge is 0.210 e. The maximum atomic E-state index is 4.25. The first-order valence-corrected chi connectivity index (χ1v) is 7.20. The summed E-state index contributed by atoms with van der Waals surface area (Å²) in [5, 5.41) is 13.0. The van der Waals surface area contributed by atoms with Crippen LogP contribution in [0.15, 0.2) is 41.8 Å². The van der Waals surface area contributed by atoms with E-state index in [0.717, 1.165) is 33.6 Å². The Kier molecular flexibility index (Phi) is 2.89. The predicted octanol–water partition coefficient (Wildman–Crippen LogP) is 2.67. The standard InChI is InChI=1S/C14H10N6S/c1-2-11(5-10-7-16-6-9(1)10)18-14-20-19-13(21-14)12-8-15-3-4-17-12/h1-5,7-8H,6H2,(H,18,20). The largest absolute Gasteiger partial charge is 0.330 e. The van der Waals surface area contributed by atoms with Crippen molar-refractivity contribution in [2.75, 3.05) is 5.32 Å². The number of aromatic nitrogens is 4. The third-order valence-corrected chi connectivity index (χ3v) is 3.96. The van der Waals surface area contributed by atoms with Gasteiger partial charge in [-0.25, -0.2) is 0 Å². The van der Waals surface area contributed by atoms with Gasteiger partial charge in [0, 0.05) is 24.3 Å². The van der Waals surface area contributed by atoms with Gasteiger partial charge < -0.3 is 5.32 Å². The second-order valence-electron chi connectivity index (χ2n) is 4.51. The van der Waals surface area contributed by atoms with Crippen molar-refractivity contribution in [1.29, 1.82) is 0 Å². The molecule has 102 valence electrons. The topological polar surface area (TPSA) is 76.0 Å². The lowest BCUT2D eigenvalue weighted by molar-refractivity contribution is 1.08. The zero-order chi connectivity index (χ0) is 14.1. The lowest BCUT2D eigenvalue weighted by atomic mass is 10.1. The average Bonchev–Trinajstić information content (AvgIpc) is 3.17. The molecule has 0 aliphatic carbocycles. The first kappa shape index (κ1) is 12.1. The van der Waals surface area contributed by atoms with Crippen molar-refractivity contribution in [3.05, 3.63) is 47.9 Å². The molecule has 3 heterocycles. The number of fused-ring (bicyclic) bond motifs is 1. The molecule has 6 nitrogen and oxygen atoms in total. The highest BCUT2D eigenvalue weighted by atomic mass is 32.1. The lowest BCUT2D eigenvalue weighted by Crippen LogP contribution is -1.92. The van der Waals surface area contributed by atoms with Crippen molar-refractivity contribution in [2.45, 2.75) is 6.54 Å². The number of aliphatic imine (C=N–C) groups is 1. The first-order chi connectivity index (χ1) is 10.4. The minimum atomic E-state index is 0.726. The third-order valence-electron chi connectivity index (χ3n) is 3.10. The molecule has 0 spiro atoms. The summed E-state index contributed by atoms with van der Waals surface area (Å²) in [6, 6.07) is 6.17. The minimum absolute atomic E-state index is 0.726. The summed E-state index contributed by atoms with van der Waals surface area (Å²) in [6.07, 6.45) is 6.85. The SMILES string of the molecule is C1=NCc2ccc(Nc3nnc(-c4cnccn4)s3)cc21. The van der Waals surface area contributed by atoms with Gasteiger partial charge in [-0.3, -0.25) is 15.0 Å². The maximum absolute atomic E-state index is 4.25. The highest BCUT2D eigenvalue weighted by Crippen LogP contribution is 2.27. The molecule has 1 aliphatic rings. The van der Waals surface area contributed by atoms with E-state index >= 15 is 0 Å². The maximum Gasteiger partial charge on any atom is 0.210 e. The molecule has 0 unspecified atom stereocenters. The molecule has 0 fully saturated rings. The number of benzene rings is 1. The molecule has 2 aromatic heterocycles. The van der Waals surface area contributed by atoms with Crippen molar-refractivity contribution in [3.63, 3.8) is 0 Å². The van der Waals surface area contributed by atoms with Crippen LogP contribution in [-0.2, 0) is 6.54 Å². The Hall–Kier alpha value is -2.67. The fraction of sp³-hybridized carbons (Fsp3) is 0.0714. The van der Waals surface area contributed by atoms with Crippen molar-refractivity contribution in [2.24, 2.45) is 4.99 Å². The van der Waals surface area contributed by atoms with Crippen LogP contribution in [0, 0.1) is 0 Å². The van der Waals surface area contributed by atoms with Crippen LogP contribution in [0.2, 0.25) is 0 Å². The van der Waals surface area contributed by atoms with Gasteiger partial charge in [-0.2, -0.15) is 0 Å². The van der Waals surface area contributed by atoms with E-state index in [1.807, 2.05) is 12.3 Å². The minimum Gasteiger partial charge on any atom is -0.330 e. The Labute approximate surface area is 124 Å². The molecule has 1 aromatic carbocycles. The second kappa shape index (κ2) is 5.02. The van der Waals surface area contributed by atoms with Gasteiger partial charge in [0.1, 0.15) is 5.69 Å². The van der Waals surface area contributed by atoms with E-state index in [0.29, 0.717) is 0 Å². The average molecular weight is 294 g/mol. The van der Waals surface area contributed by atoms with Gasteiger partial charge >= 0.3 is 0 Å². The monoisotopic (exact) mass is 294 g/mol. The van der Waals surface area contributed by atoms with Crippen LogP contribution < -0.4 is 5.32 Å². The molecule has 7 heteroatoms. The fourth-order valence-electron chi connectivity index (χ4n) is 2.09. The van der Waals surface area contributed by atoms with E-state index in [-0.39, 0.29) is 0 Å². The molecule has 0 saturated heterocycles. The molecule has 0 saturated carbocycles. The van der Waals surface area contributed by atoms with Crippen LogP contribution in [0.4, 0.5) is 10.8 Å². The number of hydrogen-bond acceptors (Lipinski definition) is 7. The van der Waals surface area contributed by atoms with Gasteiger partial charge in [0.25, 0.3) is 0 Å². The molecule has 0 radical (unpaired) electrons. The van der Waals surface area contributed by atoms with E-state index in [1.54, 1.807) is 18.6 Å². The molecule has 0 amide bonds. The second-order valence-corrected chi connectivity index (χ2v) is 5.49. The van der Waals surface area contributed by atoms with Crippen LogP contribution in [0.3, 0.4) is 0 Å². The van der Waals surface area contributed by atoms with Crippen molar-refractivity contribution in [3.8, 4) is 10.7 Å². The van der Waals surface area contributed by atoms with Crippen LogP contribution in [0.25, 0.3) is 10.7 Å². The number of anilines is 2. The summed E-state index contributed by atoms with van der Waals surface area (Å²) >= 11 is 1.44. The van der Waals surface area contributed by atoms with E-state index in [4.69, 9.17) is 0 Å². The number of rotatable bonds is 3. The quantitative estimate of drug-likeness (QED) is 0.803. The zero-order valence-electron chi connectivity index (χ0n) is 10.9. The third kappa shape index (κ3) is 2.38. The summed E-state index contributed by atoms with van der Waals surface area (Å²) in [7, 11) is 0. The van der Waals surface area contributed by atoms with Crippen LogP contribution in [0.1, 0.15) is 11.1 Å². The molecular formula is C14H10N6S. The van der Waals surface area contributed by atoms with Crippen molar-refractivity contribution >= 4 is 28.4 Å². The molecule has 1 aliphatic heterocycles. The van der Waals surface area contributed by atoms with E-state index in [1.165, 1.54) is 16.9 Å². The summed E-state index contributed by atoms with van der Waals surface area (Å²) in [4.78, 5) is 12.5. The van der Waals surface area contributed by atoms with E-state index < -0.39 is 0 Å². The fourth-order valence-corrected chi connectivity index (χ4v) is 2.81. The molecule has 1 N–H and O–H groups in total. The zero-order valence-corrected chi connectivity index (χ0v) is 11.7. The highest BCUT2D eigenvalue weighted by molar-refractivity contribution is 7.18. The Bertz CT molecular complexity index is 811. The van der Waals surface area contributed by atoms with Gasteiger partial charge in [-0.1, -0.05) is 17.4 Å². The van der Waals surface area contributed by atoms with Crippen molar-refractivity contribution < 1.29 is 0 Å². The van der Waals surface area contributed by atoms with Crippen LogP contribution >= 0.6 is 11.3 Å². The molecule has 3 aromatic rings. The summed E-state index contributed by atoms with van der Waals surface area (Å²) in [5.41, 5.74) is 4.10. The van der Waals surface area contributed by atoms with Crippen molar-refractivity contribution in [1.82, 2.24) is 20.2 Å². The van der Waals surface area contributed by atoms with E-state index in [2.05, 4.69) is 42.6 Å². The van der Waals surface area contributed by atoms with Crippen LogP contribution in [0.5, 0.6) is 0 Å². The summed E-state index contributed by atoms with van der Waals surface area (Å²) in [6.45, 7) is 0.769. The predicted molar refractivity (Wildman–Crippen MR) is 82.0 cm³/mol. The van der Waals surface area contributed by atoms with Gasteiger partial charge in [-0.05, 0) is 23.3 Å². The Morgan fingerprint density at radius 1 is 1.14 bits per heavy atom. The van der Waals surface area contributed by atoms with Crippen LogP contribution in [-0.4, -0.2) is 26.4 Å². The van der Waals surface area contributed by atoms with Gasteiger partial charge in [-0.15, -0.1) is 10.2 Å². The molecule has 21 heavy (non-hydrogen) atoms. The molecule has 0 atom stereocenters. The number of hydrogen-bond donors (Lipinski definition) is 1. The first-order valence-electron chi connectivity index (χ1n) is 6.38. The Morgan fingerprint density at radius 2 is 2.14 bits per heavy atom. The highest BCUT2D eigenvalue weighted by Gasteiger charge is 2.10.